The SMILES string of the molecule is CCCNC(CN(CC)c1ccccc1)C1CCCCC1. The van der Waals surface area contributed by atoms with E-state index in [1.165, 1.54) is 44.2 Å². The molecule has 21 heavy (non-hydrogen) atoms. The number of nitrogens with zero attached hydrogens (tertiary/aromatic N) is 1. The van der Waals surface area contributed by atoms with E-state index in [2.05, 4.69) is 54.4 Å². The molecule has 1 aliphatic rings. The summed E-state index contributed by atoms with van der Waals surface area (Å²) in [6.45, 7) is 7.91. The Kier molecular flexibility index (Phi) is 7.08. The molecule has 1 aromatic carbocycles. The van der Waals surface area contributed by atoms with Gasteiger partial charge in [0.2, 0.25) is 0 Å². The van der Waals surface area contributed by atoms with Gasteiger partial charge in [0.1, 0.15) is 0 Å². The smallest absolute Gasteiger partial charge is 0.0366 e. The molecular formula is C19H32N2. The summed E-state index contributed by atoms with van der Waals surface area (Å²) >= 11 is 0. The Labute approximate surface area is 130 Å². The van der Waals surface area contributed by atoms with Crippen LogP contribution in [0.15, 0.2) is 30.3 Å². The van der Waals surface area contributed by atoms with Crippen LogP contribution < -0.4 is 10.2 Å². The Bertz CT molecular complexity index is 370. The number of hydrogen-bond donors (Lipinski definition) is 1. The van der Waals surface area contributed by atoms with Crippen LogP contribution in [-0.4, -0.2) is 25.7 Å². The van der Waals surface area contributed by atoms with E-state index in [4.69, 9.17) is 0 Å². The van der Waals surface area contributed by atoms with E-state index in [-0.39, 0.29) is 0 Å². The second-order valence-corrected chi connectivity index (χ2v) is 6.33. The fourth-order valence-corrected chi connectivity index (χ4v) is 3.54. The van der Waals surface area contributed by atoms with Gasteiger partial charge in [0.05, 0.1) is 0 Å². The first-order valence-corrected chi connectivity index (χ1v) is 8.88. The highest BCUT2D eigenvalue weighted by atomic mass is 15.2. The van der Waals surface area contributed by atoms with Crippen LogP contribution in [0.2, 0.25) is 0 Å². The number of likely N-dealkylation sites (N-methyl/N-ethyl adjacent to an activating group) is 1. The third-order valence-electron chi connectivity index (χ3n) is 4.80. The van der Waals surface area contributed by atoms with Crippen LogP contribution in [0.1, 0.15) is 52.4 Å². The lowest BCUT2D eigenvalue weighted by atomic mass is 9.83. The number of hydrogen-bond acceptors (Lipinski definition) is 2. The molecule has 118 valence electrons. The summed E-state index contributed by atoms with van der Waals surface area (Å²) in [4.78, 5) is 2.53. The van der Waals surface area contributed by atoms with Gasteiger partial charge in [0.25, 0.3) is 0 Å². The van der Waals surface area contributed by atoms with E-state index in [0.717, 1.165) is 25.6 Å². The van der Waals surface area contributed by atoms with Crippen LogP contribution >= 0.6 is 0 Å². The summed E-state index contributed by atoms with van der Waals surface area (Å²) in [6, 6.07) is 11.5. The molecule has 2 rings (SSSR count). The Hall–Kier alpha value is -1.02. The van der Waals surface area contributed by atoms with E-state index in [9.17, 15) is 0 Å². The third kappa shape index (κ3) is 5.03. The first kappa shape index (κ1) is 16.4. The van der Waals surface area contributed by atoms with Crippen molar-refractivity contribution in [1.82, 2.24) is 5.32 Å². The molecule has 1 unspecified atom stereocenters. The lowest BCUT2D eigenvalue weighted by Crippen LogP contribution is -2.46. The van der Waals surface area contributed by atoms with Gasteiger partial charge in [0.15, 0.2) is 0 Å². The minimum absolute atomic E-state index is 0.644. The first-order chi connectivity index (χ1) is 10.3. The summed E-state index contributed by atoms with van der Waals surface area (Å²) in [6.07, 6.45) is 8.33. The molecule has 1 saturated carbocycles. The van der Waals surface area contributed by atoms with Crippen molar-refractivity contribution in [3.8, 4) is 0 Å². The molecule has 2 heteroatoms. The third-order valence-corrected chi connectivity index (χ3v) is 4.80. The number of benzene rings is 1. The van der Waals surface area contributed by atoms with Crippen LogP contribution in [0, 0.1) is 5.92 Å². The van der Waals surface area contributed by atoms with Crippen LogP contribution in [0.25, 0.3) is 0 Å². The topological polar surface area (TPSA) is 15.3 Å². The highest BCUT2D eigenvalue weighted by molar-refractivity contribution is 5.46. The lowest BCUT2D eigenvalue weighted by Gasteiger charge is -2.35. The molecule has 2 nitrogen and oxygen atoms in total. The standard InChI is InChI=1S/C19H32N2/c1-3-15-20-19(17-11-7-5-8-12-17)16-21(4-2)18-13-9-6-10-14-18/h6,9-10,13-14,17,19-20H,3-5,7-8,11-12,15-16H2,1-2H3. The molecule has 0 heterocycles. The molecular weight excluding hydrogens is 256 g/mol. The maximum atomic E-state index is 3.83. The van der Waals surface area contributed by atoms with Gasteiger partial charge < -0.3 is 10.2 Å². The molecule has 0 aromatic heterocycles. The number of rotatable bonds is 8. The molecule has 0 aliphatic heterocycles. The normalized spacial score (nSPS) is 17.6. The van der Waals surface area contributed by atoms with Crippen molar-refractivity contribution in [3.05, 3.63) is 30.3 Å². The zero-order valence-corrected chi connectivity index (χ0v) is 13.9. The van der Waals surface area contributed by atoms with E-state index >= 15 is 0 Å². The van der Waals surface area contributed by atoms with E-state index in [1.54, 1.807) is 0 Å². The summed E-state index contributed by atoms with van der Waals surface area (Å²) < 4.78 is 0. The number of nitrogens with one attached hydrogen (secondary N) is 1. The zero-order chi connectivity index (χ0) is 14.9. The van der Waals surface area contributed by atoms with Crippen molar-refractivity contribution >= 4 is 5.69 Å². The van der Waals surface area contributed by atoms with Crippen LogP contribution in [0.4, 0.5) is 5.69 Å². The maximum absolute atomic E-state index is 3.83. The second-order valence-electron chi connectivity index (χ2n) is 6.33. The van der Waals surface area contributed by atoms with E-state index in [1.807, 2.05) is 0 Å². The minimum Gasteiger partial charge on any atom is -0.370 e. The highest BCUT2D eigenvalue weighted by Gasteiger charge is 2.24. The maximum Gasteiger partial charge on any atom is 0.0366 e. The zero-order valence-electron chi connectivity index (χ0n) is 13.9. The molecule has 1 aromatic rings. The van der Waals surface area contributed by atoms with Crippen LogP contribution in [0.5, 0.6) is 0 Å². The fraction of sp³-hybridized carbons (Fsp3) is 0.684. The Morgan fingerprint density at radius 3 is 2.43 bits per heavy atom. The van der Waals surface area contributed by atoms with Crippen molar-refractivity contribution in [2.24, 2.45) is 5.92 Å². The quantitative estimate of drug-likeness (QED) is 0.759. The van der Waals surface area contributed by atoms with Crippen molar-refractivity contribution in [3.63, 3.8) is 0 Å². The molecule has 1 aliphatic carbocycles. The van der Waals surface area contributed by atoms with Gasteiger partial charge in [-0.25, -0.2) is 0 Å². The van der Waals surface area contributed by atoms with Crippen molar-refractivity contribution < 1.29 is 0 Å². The van der Waals surface area contributed by atoms with Crippen LogP contribution in [0.3, 0.4) is 0 Å². The molecule has 0 spiro atoms. The van der Waals surface area contributed by atoms with E-state index in [0.29, 0.717) is 6.04 Å². The Morgan fingerprint density at radius 1 is 1.10 bits per heavy atom. The minimum atomic E-state index is 0.644. The Balaban J connectivity index is 2.01. The molecule has 1 N–H and O–H groups in total. The molecule has 0 bridgehead atoms. The van der Waals surface area contributed by atoms with Crippen molar-refractivity contribution in [1.29, 1.82) is 0 Å². The summed E-state index contributed by atoms with van der Waals surface area (Å²) in [7, 11) is 0. The second kappa shape index (κ2) is 9.09. The van der Waals surface area contributed by atoms with E-state index < -0.39 is 0 Å². The predicted molar refractivity (Wildman–Crippen MR) is 93.0 cm³/mol. The van der Waals surface area contributed by atoms with Gasteiger partial charge in [-0.1, -0.05) is 44.4 Å². The van der Waals surface area contributed by atoms with Gasteiger partial charge in [-0.15, -0.1) is 0 Å². The summed E-state index contributed by atoms with van der Waals surface area (Å²) in [5.74, 6) is 0.864. The molecule has 0 radical (unpaired) electrons. The van der Waals surface area contributed by atoms with Crippen molar-refractivity contribution in [2.75, 3.05) is 24.5 Å². The fourth-order valence-electron chi connectivity index (χ4n) is 3.54. The van der Waals surface area contributed by atoms with Gasteiger partial charge in [0, 0.05) is 24.8 Å². The molecule has 0 saturated heterocycles. The summed E-state index contributed by atoms with van der Waals surface area (Å²) in [5, 5.41) is 3.83. The van der Waals surface area contributed by atoms with Crippen LogP contribution in [-0.2, 0) is 0 Å². The molecule has 1 fully saturated rings. The Morgan fingerprint density at radius 2 is 1.81 bits per heavy atom. The number of anilines is 1. The average Bonchev–Trinajstić information content (AvgIpc) is 2.57. The van der Waals surface area contributed by atoms with Crippen molar-refractivity contribution in [2.45, 2.75) is 58.4 Å². The monoisotopic (exact) mass is 288 g/mol. The lowest BCUT2D eigenvalue weighted by molar-refractivity contribution is 0.270. The highest BCUT2D eigenvalue weighted by Crippen LogP contribution is 2.27. The predicted octanol–water partition coefficient (Wildman–Crippen LogP) is 4.46. The largest absolute Gasteiger partial charge is 0.370 e. The summed E-state index contributed by atoms with van der Waals surface area (Å²) in [5.41, 5.74) is 1.36. The first-order valence-electron chi connectivity index (χ1n) is 8.88. The molecule has 1 atom stereocenters. The van der Waals surface area contributed by atoms with Gasteiger partial charge in [-0.3, -0.25) is 0 Å². The van der Waals surface area contributed by atoms with Gasteiger partial charge >= 0.3 is 0 Å². The van der Waals surface area contributed by atoms with Gasteiger partial charge in [-0.2, -0.15) is 0 Å². The molecule has 0 amide bonds. The average molecular weight is 288 g/mol. The van der Waals surface area contributed by atoms with Gasteiger partial charge in [-0.05, 0) is 50.8 Å². The number of para-hydroxylation sites is 1.